The highest BCUT2D eigenvalue weighted by Crippen LogP contribution is 2.07. The van der Waals surface area contributed by atoms with E-state index in [0.717, 1.165) is 6.42 Å². The van der Waals surface area contributed by atoms with Gasteiger partial charge in [0.15, 0.2) is 0 Å². The third-order valence-corrected chi connectivity index (χ3v) is 1.87. The van der Waals surface area contributed by atoms with Crippen LogP contribution in [0.2, 0.25) is 0 Å². The van der Waals surface area contributed by atoms with E-state index in [9.17, 15) is 4.79 Å². The molecule has 0 heterocycles. The maximum Gasteiger partial charge on any atom is 0.407 e. The van der Waals surface area contributed by atoms with Crippen LogP contribution in [0.15, 0.2) is 0 Å². The molecule has 1 N–H and O–H groups in total. The van der Waals surface area contributed by atoms with Crippen molar-refractivity contribution < 1.29 is 9.53 Å². The lowest BCUT2D eigenvalue weighted by Crippen LogP contribution is -2.39. The molecule has 1 amide bonds. The number of ether oxygens (including phenoxy) is 1. The van der Waals surface area contributed by atoms with Crippen LogP contribution in [0.5, 0.6) is 0 Å². The van der Waals surface area contributed by atoms with Crippen LogP contribution in [0.3, 0.4) is 0 Å². The Balaban J connectivity index is 3.86. The van der Waals surface area contributed by atoms with Gasteiger partial charge in [0, 0.05) is 11.8 Å². The van der Waals surface area contributed by atoms with Crippen molar-refractivity contribution in [3.8, 4) is 0 Å². The molecule has 0 saturated heterocycles. The Morgan fingerprint density at radius 3 is 2.38 bits per heavy atom. The van der Waals surface area contributed by atoms with Gasteiger partial charge in [-0.2, -0.15) is 12.6 Å². The summed E-state index contributed by atoms with van der Waals surface area (Å²) in [4.78, 5) is 11.2. The van der Waals surface area contributed by atoms with Crippen molar-refractivity contribution in [1.82, 2.24) is 5.32 Å². The van der Waals surface area contributed by atoms with Crippen LogP contribution < -0.4 is 5.32 Å². The Labute approximate surface area is 85.6 Å². The third kappa shape index (κ3) is 6.75. The van der Waals surface area contributed by atoms with Crippen molar-refractivity contribution in [3.05, 3.63) is 0 Å². The zero-order valence-corrected chi connectivity index (χ0v) is 9.65. The topological polar surface area (TPSA) is 38.3 Å². The van der Waals surface area contributed by atoms with Crippen LogP contribution in [-0.4, -0.2) is 23.5 Å². The van der Waals surface area contributed by atoms with E-state index in [1.54, 1.807) is 0 Å². The highest BCUT2D eigenvalue weighted by molar-refractivity contribution is 7.80. The standard InChI is InChI=1S/C9H19NO2S/c1-5-7(6-13)10-8(11)12-9(2,3)4/h7,13H,5-6H2,1-4H3,(H,10,11)/t7-/m0/s1. The predicted molar refractivity (Wildman–Crippen MR) is 57.3 cm³/mol. The van der Waals surface area contributed by atoms with Crippen LogP contribution in [-0.2, 0) is 4.74 Å². The van der Waals surface area contributed by atoms with Crippen molar-refractivity contribution in [2.45, 2.75) is 45.8 Å². The average Bonchev–Trinajstić information content (AvgIpc) is 1.96. The summed E-state index contributed by atoms with van der Waals surface area (Å²) in [5, 5.41) is 2.74. The number of rotatable bonds is 3. The summed E-state index contributed by atoms with van der Waals surface area (Å²) in [6.45, 7) is 7.52. The number of alkyl carbamates (subject to hydrolysis) is 1. The molecule has 0 aromatic heterocycles. The molecule has 0 unspecified atom stereocenters. The molecule has 0 bridgehead atoms. The molecule has 0 radical (unpaired) electrons. The Bertz CT molecular complexity index is 161. The highest BCUT2D eigenvalue weighted by atomic mass is 32.1. The van der Waals surface area contributed by atoms with Gasteiger partial charge in [-0.1, -0.05) is 6.92 Å². The molecule has 0 spiro atoms. The zero-order valence-electron chi connectivity index (χ0n) is 8.76. The number of amides is 1. The summed E-state index contributed by atoms with van der Waals surface area (Å²) in [6, 6.07) is 0.0955. The summed E-state index contributed by atoms with van der Waals surface area (Å²) in [7, 11) is 0. The van der Waals surface area contributed by atoms with Crippen LogP contribution >= 0.6 is 12.6 Å². The minimum absolute atomic E-state index is 0.0955. The first-order valence-corrected chi connectivity index (χ1v) is 5.12. The zero-order chi connectivity index (χ0) is 10.5. The molecular formula is C9H19NO2S. The Kier molecular flexibility index (Phi) is 5.21. The number of hydrogen-bond donors (Lipinski definition) is 2. The van der Waals surface area contributed by atoms with E-state index >= 15 is 0 Å². The minimum Gasteiger partial charge on any atom is -0.444 e. The van der Waals surface area contributed by atoms with Gasteiger partial charge in [-0.25, -0.2) is 4.79 Å². The van der Waals surface area contributed by atoms with Gasteiger partial charge in [-0.3, -0.25) is 0 Å². The van der Waals surface area contributed by atoms with Crippen molar-refractivity contribution >= 4 is 18.7 Å². The smallest absolute Gasteiger partial charge is 0.407 e. The van der Waals surface area contributed by atoms with E-state index in [1.165, 1.54) is 0 Å². The van der Waals surface area contributed by atoms with Crippen molar-refractivity contribution in [2.75, 3.05) is 5.75 Å². The summed E-state index contributed by atoms with van der Waals surface area (Å²) < 4.78 is 5.09. The molecule has 78 valence electrons. The Morgan fingerprint density at radius 1 is 1.54 bits per heavy atom. The molecule has 0 aliphatic heterocycles. The quantitative estimate of drug-likeness (QED) is 0.693. The van der Waals surface area contributed by atoms with Crippen LogP contribution in [0.4, 0.5) is 4.79 Å². The largest absolute Gasteiger partial charge is 0.444 e. The molecule has 0 aliphatic carbocycles. The predicted octanol–water partition coefficient (Wildman–Crippen LogP) is 2.22. The van der Waals surface area contributed by atoms with Crippen molar-refractivity contribution in [3.63, 3.8) is 0 Å². The van der Waals surface area contributed by atoms with Gasteiger partial charge in [-0.05, 0) is 27.2 Å². The molecule has 0 aromatic rings. The lowest BCUT2D eigenvalue weighted by molar-refractivity contribution is 0.0508. The molecule has 0 aliphatic rings. The minimum atomic E-state index is -0.432. The van der Waals surface area contributed by atoms with Gasteiger partial charge in [0.1, 0.15) is 5.60 Å². The first-order chi connectivity index (χ1) is 5.89. The van der Waals surface area contributed by atoms with Gasteiger partial charge in [0.05, 0.1) is 0 Å². The van der Waals surface area contributed by atoms with Gasteiger partial charge in [0.25, 0.3) is 0 Å². The Morgan fingerprint density at radius 2 is 2.08 bits per heavy atom. The molecule has 0 fully saturated rings. The third-order valence-electron chi connectivity index (χ3n) is 1.43. The van der Waals surface area contributed by atoms with E-state index in [4.69, 9.17) is 4.74 Å². The molecule has 0 rings (SSSR count). The number of hydrogen-bond acceptors (Lipinski definition) is 3. The normalized spacial score (nSPS) is 13.6. The average molecular weight is 205 g/mol. The number of nitrogens with one attached hydrogen (secondary N) is 1. The lowest BCUT2D eigenvalue weighted by atomic mass is 10.2. The van der Waals surface area contributed by atoms with E-state index in [-0.39, 0.29) is 12.1 Å². The van der Waals surface area contributed by atoms with Crippen LogP contribution in [0.25, 0.3) is 0 Å². The summed E-state index contributed by atoms with van der Waals surface area (Å²) in [5.74, 6) is 0.635. The molecular weight excluding hydrogens is 186 g/mol. The second-order valence-corrected chi connectivity index (χ2v) is 4.30. The lowest BCUT2D eigenvalue weighted by Gasteiger charge is -2.22. The van der Waals surface area contributed by atoms with Gasteiger partial charge in [-0.15, -0.1) is 0 Å². The summed E-state index contributed by atoms with van der Waals surface area (Å²) in [6.07, 6.45) is 0.497. The molecule has 0 aromatic carbocycles. The monoisotopic (exact) mass is 205 g/mol. The van der Waals surface area contributed by atoms with E-state index in [1.807, 2.05) is 27.7 Å². The van der Waals surface area contributed by atoms with E-state index in [2.05, 4.69) is 17.9 Å². The maximum absolute atomic E-state index is 11.2. The first kappa shape index (κ1) is 12.6. The van der Waals surface area contributed by atoms with E-state index < -0.39 is 5.60 Å². The molecule has 1 atom stereocenters. The molecule has 3 nitrogen and oxygen atoms in total. The number of thiol groups is 1. The highest BCUT2D eigenvalue weighted by Gasteiger charge is 2.17. The fourth-order valence-electron chi connectivity index (χ4n) is 0.751. The second-order valence-electron chi connectivity index (χ2n) is 3.93. The molecule has 13 heavy (non-hydrogen) atoms. The first-order valence-electron chi connectivity index (χ1n) is 4.49. The summed E-state index contributed by atoms with van der Waals surface area (Å²) in [5.41, 5.74) is -0.432. The van der Waals surface area contributed by atoms with Gasteiger partial charge < -0.3 is 10.1 Å². The van der Waals surface area contributed by atoms with Crippen molar-refractivity contribution in [1.29, 1.82) is 0 Å². The number of carbonyl (C=O) groups excluding carboxylic acids is 1. The number of carbonyl (C=O) groups is 1. The fourth-order valence-corrected chi connectivity index (χ4v) is 1.10. The van der Waals surface area contributed by atoms with Crippen LogP contribution in [0, 0.1) is 0 Å². The van der Waals surface area contributed by atoms with E-state index in [0.29, 0.717) is 5.75 Å². The SMILES string of the molecule is CC[C@@H](CS)NC(=O)OC(C)(C)C. The molecule has 0 saturated carbocycles. The fraction of sp³-hybridized carbons (Fsp3) is 0.889. The van der Waals surface area contributed by atoms with Crippen LogP contribution in [0.1, 0.15) is 34.1 Å². The van der Waals surface area contributed by atoms with Gasteiger partial charge in [0.2, 0.25) is 0 Å². The molecule has 4 heteroatoms. The second kappa shape index (κ2) is 5.37. The summed E-state index contributed by atoms with van der Waals surface area (Å²) >= 11 is 4.11. The van der Waals surface area contributed by atoms with Gasteiger partial charge >= 0.3 is 6.09 Å². The Hall–Kier alpha value is -0.380. The van der Waals surface area contributed by atoms with Crippen molar-refractivity contribution in [2.24, 2.45) is 0 Å². The maximum atomic E-state index is 11.2.